The predicted molar refractivity (Wildman–Crippen MR) is 78.7 cm³/mol. The summed E-state index contributed by atoms with van der Waals surface area (Å²) in [5.41, 5.74) is 1.03. The maximum Gasteiger partial charge on any atom is 0.168 e. The highest BCUT2D eigenvalue weighted by Gasteiger charge is 2.46. The topological polar surface area (TPSA) is 51.6 Å². The molecule has 0 atom stereocenters. The Labute approximate surface area is 123 Å². The second kappa shape index (κ2) is 4.77. The van der Waals surface area contributed by atoms with E-state index in [0.29, 0.717) is 26.1 Å². The van der Waals surface area contributed by atoms with Crippen molar-refractivity contribution in [3.05, 3.63) is 42.1 Å². The van der Waals surface area contributed by atoms with Gasteiger partial charge in [0.05, 0.1) is 24.3 Å². The Morgan fingerprint density at radius 3 is 2.48 bits per heavy atom. The molecule has 1 N–H and O–H groups in total. The number of aromatic nitrogens is 1. The first-order valence-corrected chi connectivity index (χ1v) is 7.55. The van der Waals surface area contributed by atoms with E-state index < -0.39 is 11.4 Å². The third-order valence-electron chi connectivity index (χ3n) is 4.78. The van der Waals surface area contributed by atoms with Gasteiger partial charge in [-0.15, -0.1) is 0 Å². The molecule has 0 unspecified atom stereocenters. The zero-order valence-electron chi connectivity index (χ0n) is 11.9. The van der Waals surface area contributed by atoms with Crippen LogP contribution in [-0.4, -0.2) is 29.1 Å². The number of para-hydroxylation sites is 1. The normalized spacial score (nSPS) is 23.7. The Kier molecular flexibility index (Phi) is 2.99. The van der Waals surface area contributed by atoms with Crippen molar-refractivity contribution in [2.75, 3.05) is 13.2 Å². The van der Waals surface area contributed by atoms with Gasteiger partial charge in [0.25, 0.3) is 0 Å². The van der Waals surface area contributed by atoms with Gasteiger partial charge < -0.3 is 14.6 Å². The fourth-order valence-electron chi connectivity index (χ4n) is 3.44. The first-order valence-electron chi connectivity index (χ1n) is 7.55. The molecular weight excluding hydrogens is 266 g/mol. The molecule has 4 rings (SSSR count). The summed E-state index contributed by atoms with van der Waals surface area (Å²) in [7, 11) is 0. The molecule has 1 aliphatic carbocycles. The molecule has 4 nitrogen and oxygen atoms in total. The maximum absolute atomic E-state index is 11.0. The van der Waals surface area contributed by atoms with Crippen LogP contribution in [0.25, 0.3) is 10.9 Å². The number of nitrogens with zero attached hydrogens (tertiary/aromatic N) is 1. The van der Waals surface area contributed by atoms with Crippen LogP contribution in [0.4, 0.5) is 0 Å². The molecule has 110 valence electrons. The smallest absolute Gasteiger partial charge is 0.168 e. The van der Waals surface area contributed by atoms with Gasteiger partial charge in [-0.05, 0) is 25.0 Å². The van der Waals surface area contributed by atoms with Crippen molar-refractivity contribution < 1.29 is 14.6 Å². The van der Waals surface area contributed by atoms with E-state index in [-0.39, 0.29) is 0 Å². The molecule has 2 aliphatic rings. The van der Waals surface area contributed by atoms with Gasteiger partial charge in [0.1, 0.15) is 0 Å². The standard InChI is InChI=1S/C17H19NO3/c19-16(5-7-17(8-6-16)20-9-10-21-17)14-11-13-3-1-2-4-15(13)18-12-14/h1-4,11-12,19H,5-10H2. The first kappa shape index (κ1) is 13.2. The molecule has 1 saturated heterocycles. The van der Waals surface area contributed by atoms with E-state index >= 15 is 0 Å². The van der Waals surface area contributed by atoms with Gasteiger partial charge in [0, 0.05) is 30.0 Å². The number of rotatable bonds is 1. The average Bonchev–Trinajstić information content (AvgIpc) is 2.99. The van der Waals surface area contributed by atoms with Crippen LogP contribution in [0.15, 0.2) is 36.5 Å². The van der Waals surface area contributed by atoms with Gasteiger partial charge in [0.15, 0.2) is 5.79 Å². The number of ether oxygens (including phenoxy) is 2. The van der Waals surface area contributed by atoms with Crippen molar-refractivity contribution in [1.29, 1.82) is 0 Å². The molecule has 1 saturated carbocycles. The summed E-state index contributed by atoms with van der Waals surface area (Å²) in [6.45, 7) is 1.33. The quantitative estimate of drug-likeness (QED) is 0.875. The third kappa shape index (κ3) is 2.24. The van der Waals surface area contributed by atoms with E-state index in [1.807, 2.05) is 24.3 Å². The SMILES string of the molecule is OC1(c2cnc3ccccc3c2)CCC2(CC1)OCCO2. The van der Waals surface area contributed by atoms with Gasteiger partial charge >= 0.3 is 0 Å². The second-order valence-corrected chi connectivity index (χ2v) is 6.06. The molecule has 1 aliphatic heterocycles. The van der Waals surface area contributed by atoms with Crippen LogP contribution in [0, 0.1) is 0 Å². The molecule has 0 amide bonds. The fraction of sp³-hybridized carbons (Fsp3) is 0.471. The van der Waals surface area contributed by atoms with E-state index in [4.69, 9.17) is 9.47 Å². The summed E-state index contributed by atoms with van der Waals surface area (Å²) in [6.07, 6.45) is 4.56. The average molecular weight is 285 g/mol. The summed E-state index contributed by atoms with van der Waals surface area (Å²) in [4.78, 5) is 4.47. The summed E-state index contributed by atoms with van der Waals surface area (Å²) in [5, 5.41) is 12.1. The van der Waals surface area contributed by atoms with Crippen molar-refractivity contribution in [3.63, 3.8) is 0 Å². The number of hydrogen-bond acceptors (Lipinski definition) is 4. The molecule has 2 fully saturated rings. The highest BCUT2D eigenvalue weighted by atomic mass is 16.7. The van der Waals surface area contributed by atoms with Crippen molar-refractivity contribution in [3.8, 4) is 0 Å². The van der Waals surface area contributed by atoms with Crippen molar-refractivity contribution in [2.45, 2.75) is 37.1 Å². The van der Waals surface area contributed by atoms with Crippen LogP contribution in [0.5, 0.6) is 0 Å². The molecular formula is C17H19NO3. The Bertz CT molecular complexity index is 654. The lowest BCUT2D eigenvalue weighted by Crippen LogP contribution is -2.42. The molecule has 2 heterocycles. The van der Waals surface area contributed by atoms with Gasteiger partial charge in [-0.25, -0.2) is 0 Å². The molecule has 1 spiro atoms. The summed E-state index contributed by atoms with van der Waals surface area (Å²) in [5.74, 6) is -0.448. The van der Waals surface area contributed by atoms with Crippen LogP contribution in [0.3, 0.4) is 0 Å². The highest BCUT2D eigenvalue weighted by Crippen LogP contribution is 2.44. The monoisotopic (exact) mass is 285 g/mol. The lowest BCUT2D eigenvalue weighted by Gasteiger charge is -2.40. The summed E-state index contributed by atoms with van der Waals surface area (Å²) >= 11 is 0. The predicted octanol–water partition coefficient (Wildman–Crippen LogP) is 2.74. The first-order chi connectivity index (χ1) is 10.2. The number of benzene rings is 1. The van der Waals surface area contributed by atoms with E-state index in [0.717, 1.165) is 29.3 Å². The van der Waals surface area contributed by atoms with Crippen LogP contribution in [0.1, 0.15) is 31.2 Å². The molecule has 0 bridgehead atoms. The summed E-state index contributed by atoms with van der Waals surface area (Å²) < 4.78 is 11.5. The minimum absolute atomic E-state index is 0.448. The molecule has 4 heteroatoms. The molecule has 2 aromatic rings. The maximum atomic E-state index is 11.0. The number of pyridine rings is 1. The Morgan fingerprint density at radius 2 is 1.71 bits per heavy atom. The van der Waals surface area contributed by atoms with E-state index in [9.17, 15) is 5.11 Å². The Balaban J connectivity index is 1.62. The van der Waals surface area contributed by atoms with E-state index in [1.165, 1.54) is 0 Å². The van der Waals surface area contributed by atoms with Gasteiger partial charge in [0.2, 0.25) is 0 Å². The second-order valence-electron chi connectivity index (χ2n) is 6.06. The number of fused-ring (bicyclic) bond motifs is 1. The van der Waals surface area contributed by atoms with Crippen LogP contribution in [0.2, 0.25) is 0 Å². The van der Waals surface area contributed by atoms with E-state index in [1.54, 1.807) is 6.20 Å². The van der Waals surface area contributed by atoms with Crippen LogP contribution >= 0.6 is 0 Å². The zero-order valence-corrected chi connectivity index (χ0v) is 11.9. The summed E-state index contributed by atoms with van der Waals surface area (Å²) in [6, 6.07) is 10.0. The van der Waals surface area contributed by atoms with Gasteiger partial charge in [-0.2, -0.15) is 0 Å². The van der Waals surface area contributed by atoms with Crippen LogP contribution < -0.4 is 0 Å². The fourth-order valence-corrected chi connectivity index (χ4v) is 3.44. The molecule has 21 heavy (non-hydrogen) atoms. The lowest BCUT2D eigenvalue weighted by molar-refractivity contribution is -0.204. The third-order valence-corrected chi connectivity index (χ3v) is 4.78. The van der Waals surface area contributed by atoms with E-state index in [2.05, 4.69) is 11.1 Å². The van der Waals surface area contributed by atoms with Gasteiger partial charge in [-0.1, -0.05) is 18.2 Å². The number of aliphatic hydroxyl groups is 1. The number of hydrogen-bond donors (Lipinski definition) is 1. The van der Waals surface area contributed by atoms with Crippen molar-refractivity contribution >= 4 is 10.9 Å². The van der Waals surface area contributed by atoms with Crippen molar-refractivity contribution in [2.24, 2.45) is 0 Å². The Hall–Kier alpha value is -1.49. The zero-order chi connectivity index (χ0) is 14.3. The molecule has 0 radical (unpaired) electrons. The molecule has 1 aromatic heterocycles. The van der Waals surface area contributed by atoms with Gasteiger partial charge in [-0.3, -0.25) is 4.98 Å². The largest absolute Gasteiger partial charge is 0.385 e. The van der Waals surface area contributed by atoms with Crippen LogP contribution in [-0.2, 0) is 15.1 Å². The molecule has 1 aromatic carbocycles. The minimum Gasteiger partial charge on any atom is -0.385 e. The Morgan fingerprint density at radius 1 is 1.00 bits per heavy atom. The minimum atomic E-state index is -0.822. The van der Waals surface area contributed by atoms with Crippen molar-refractivity contribution in [1.82, 2.24) is 4.98 Å². The lowest BCUT2D eigenvalue weighted by atomic mass is 9.77. The highest BCUT2D eigenvalue weighted by molar-refractivity contribution is 5.78.